The largest absolute Gasteiger partial charge is 0.545 e. The highest BCUT2D eigenvalue weighted by atomic mass is 35.5. The van der Waals surface area contributed by atoms with Gasteiger partial charge >= 0.3 is 0 Å². The molecular weight excluding hydrogens is 348 g/mol. The van der Waals surface area contributed by atoms with Crippen molar-refractivity contribution in [2.24, 2.45) is 5.10 Å². The molecule has 7 heteroatoms. The number of amides is 1. The second kappa shape index (κ2) is 9.10. The molecule has 0 spiro atoms. The maximum atomic E-state index is 11.7. The van der Waals surface area contributed by atoms with Gasteiger partial charge in [-0.15, -0.1) is 11.8 Å². The first-order chi connectivity index (χ1) is 11.6. The lowest BCUT2D eigenvalue weighted by atomic mass is 10.1. The minimum Gasteiger partial charge on any atom is -0.545 e. The zero-order chi connectivity index (χ0) is 17.4. The Hall–Kier alpha value is -2.31. The summed E-state index contributed by atoms with van der Waals surface area (Å²) < 4.78 is 0. The minimum atomic E-state index is -1.29. The Bertz CT molecular complexity index is 748. The molecule has 0 aromatic heterocycles. The molecule has 24 heavy (non-hydrogen) atoms. The second-order valence-electron chi connectivity index (χ2n) is 4.72. The summed E-state index contributed by atoms with van der Waals surface area (Å²) in [7, 11) is 0. The van der Waals surface area contributed by atoms with Gasteiger partial charge < -0.3 is 9.90 Å². The summed E-state index contributed by atoms with van der Waals surface area (Å²) in [5.74, 6) is -0.945. The highest BCUT2D eigenvalue weighted by Crippen LogP contribution is 2.20. The number of nitrogens with zero attached hydrogens (tertiary/aromatic N) is 1. The van der Waals surface area contributed by atoms with Gasteiger partial charge in [-0.3, -0.25) is 4.79 Å². The van der Waals surface area contributed by atoms with Crippen molar-refractivity contribution < 1.29 is 14.7 Å². The van der Waals surface area contributed by atoms with Crippen LogP contribution in [0.15, 0.2) is 58.5 Å². The van der Waals surface area contributed by atoms with E-state index in [-0.39, 0.29) is 17.9 Å². The molecule has 0 heterocycles. The molecule has 2 aromatic rings. The summed E-state index contributed by atoms with van der Waals surface area (Å²) in [4.78, 5) is 23.7. The molecule has 0 bridgehead atoms. The SMILES string of the molecule is O=C(CCSc1ccc(Cl)cc1)N/N=C\c1ccccc1C(=O)[O-]. The summed E-state index contributed by atoms with van der Waals surface area (Å²) in [6, 6.07) is 13.6. The quantitative estimate of drug-likeness (QED) is 0.466. The Morgan fingerprint density at radius 1 is 1.17 bits per heavy atom. The Morgan fingerprint density at radius 3 is 2.58 bits per heavy atom. The van der Waals surface area contributed by atoms with Crippen LogP contribution in [0.5, 0.6) is 0 Å². The van der Waals surface area contributed by atoms with Crippen molar-refractivity contribution in [3.8, 4) is 0 Å². The van der Waals surface area contributed by atoms with Crippen molar-refractivity contribution in [1.82, 2.24) is 5.43 Å². The van der Waals surface area contributed by atoms with E-state index in [9.17, 15) is 14.7 Å². The van der Waals surface area contributed by atoms with E-state index < -0.39 is 5.97 Å². The van der Waals surface area contributed by atoms with Gasteiger partial charge in [0.25, 0.3) is 0 Å². The zero-order valence-corrected chi connectivity index (χ0v) is 14.1. The normalized spacial score (nSPS) is 10.7. The lowest BCUT2D eigenvalue weighted by Gasteiger charge is -2.05. The summed E-state index contributed by atoms with van der Waals surface area (Å²) in [5, 5.41) is 15.4. The lowest BCUT2D eigenvalue weighted by molar-refractivity contribution is -0.255. The standard InChI is InChI=1S/C17H15ClN2O3S/c18-13-5-7-14(8-6-13)24-10-9-16(21)20-19-11-12-3-1-2-4-15(12)17(22)23/h1-8,11H,9-10H2,(H,20,21)(H,22,23)/p-1/b19-11-. The van der Waals surface area contributed by atoms with E-state index in [0.29, 0.717) is 16.3 Å². The van der Waals surface area contributed by atoms with Crippen molar-refractivity contribution in [3.05, 3.63) is 64.7 Å². The van der Waals surface area contributed by atoms with E-state index in [0.717, 1.165) is 4.90 Å². The molecule has 0 unspecified atom stereocenters. The minimum absolute atomic E-state index is 0.0220. The van der Waals surface area contributed by atoms with Gasteiger partial charge in [-0.1, -0.05) is 35.9 Å². The predicted molar refractivity (Wildman–Crippen MR) is 93.3 cm³/mol. The van der Waals surface area contributed by atoms with E-state index in [2.05, 4.69) is 10.5 Å². The third-order valence-electron chi connectivity index (χ3n) is 2.99. The number of rotatable bonds is 7. The van der Waals surface area contributed by atoms with Gasteiger partial charge in [0.2, 0.25) is 5.91 Å². The van der Waals surface area contributed by atoms with Crippen LogP contribution in [-0.4, -0.2) is 23.8 Å². The van der Waals surface area contributed by atoms with Gasteiger partial charge in [-0.05, 0) is 24.3 Å². The van der Waals surface area contributed by atoms with E-state index in [1.807, 2.05) is 12.1 Å². The molecular formula is C17H14ClN2O3S-. The number of halogens is 1. The number of hydrogen-bond acceptors (Lipinski definition) is 5. The van der Waals surface area contributed by atoms with Crippen molar-refractivity contribution in [1.29, 1.82) is 0 Å². The topological polar surface area (TPSA) is 81.6 Å². The Balaban J connectivity index is 1.79. The number of benzene rings is 2. The molecule has 0 aliphatic heterocycles. The highest BCUT2D eigenvalue weighted by Gasteiger charge is 2.02. The summed E-state index contributed by atoms with van der Waals surface area (Å²) in [6.45, 7) is 0. The van der Waals surface area contributed by atoms with Crippen LogP contribution >= 0.6 is 23.4 Å². The monoisotopic (exact) mass is 361 g/mol. The third kappa shape index (κ3) is 5.72. The van der Waals surface area contributed by atoms with E-state index in [4.69, 9.17) is 11.6 Å². The third-order valence-corrected chi connectivity index (χ3v) is 4.25. The van der Waals surface area contributed by atoms with Crippen LogP contribution in [0, 0.1) is 0 Å². The zero-order valence-electron chi connectivity index (χ0n) is 12.6. The molecule has 2 rings (SSSR count). The number of carboxylic acids is 1. The lowest BCUT2D eigenvalue weighted by Crippen LogP contribution is -2.24. The van der Waals surface area contributed by atoms with Crippen LogP contribution in [0.25, 0.3) is 0 Å². The van der Waals surface area contributed by atoms with Gasteiger partial charge in [0.1, 0.15) is 0 Å². The first-order valence-electron chi connectivity index (χ1n) is 7.07. The Labute approximate surface area is 148 Å². The molecule has 0 atom stereocenters. The van der Waals surface area contributed by atoms with Gasteiger partial charge in [0.05, 0.1) is 12.2 Å². The number of hydrogen-bond donors (Lipinski definition) is 1. The average Bonchev–Trinajstić information content (AvgIpc) is 2.57. The first-order valence-corrected chi connectivity index (χ1v) is 8.43. The highest BCUT2D eigenvalue weighted by molar-refractivity contribution is 7.99. The number of carbonyl (C=O) groups excluding carboxylic acids is 2. The van der Waals surface area contributed by atoms with Crippen LogP contribution < -0.4 is 10.5 Å². The molecule has 0 aliphatic carbocycles. The summed E-state index contributed by atoms with van der Waals surface area (Å²) in [5.41, 5.74) is 2.77. The molecule has 1 amide bonds. The van der Waals surface area contributed by atoms with Gasteiger partial charge in [0, 0.05) is 33.2 Å². The summed E-state index contributed by atoms with van der Waals surface area (Å²) >= 11 is 7.34. The molecule has 0 radical (unpaired) electrons. The molecule has 5 nitrogen and oxygen atoms in total. The van der Waals surface area contributed by atoms with Crippen molar-refractivity contribution >= 4 is 41.5 Å². The van der Waals surface area contributed by atoms with Gasteiger partial charge in [-0.25, -0.2) is 5.43 Å². The molecule has 1 N–H and O–H groups in total. The fourth-order valence-corrected chi connectivity index (χ4v) is 2.80. The maximum absolute atomic E-state index is 11.7. The van der Waals surface area contributed by atoms with E-state index in [1.165, 1.54) is 24.0 Å². The second-order valence-corrected chi connectivity index (χ2v) is 6.33. The molecule has 0 saturated heterocycles. The van der Waals surface area contributed by atoms with Crippen LogP contribution in [0.2, 0.25) is 5.02 Å². The molecule has 0 saturated carbocycles. The molecule has 2 aromatic carbocycles. The number of carboxylic acid groups (broad SMARTS) is 1. The van der Waals surface area contributed by atoms with Crippen LogP contribution in [0.3, 0.4) is 0 Å². The number of hydrazone groups is 1. The van der Waals surface area contributed by atoms with Crippen LogP contribution in [-0.2, 0) is 4.79 Å². The average molecular weight is 362 g/mol. The molecule has 0 aliphatic rings. The van der Waals surface area contributed by atoms with E-state index >= 15 is 0 Å². The van der Waals surface area contributed by atoms with Crippen molar-refractivity contribution in [2.75, 3.05) is 5.75 Å². The number of aromatic carboxylic acids is 1. The van der Waals surface area contributed by atoms with Crippen molar-refractivity contribution in [2.45, 2.75) is 11.3 Å². The number of thioether (sulfide) groups is 1. The van der Waals surface area contributed by atoms with Crippen molar-refractivity contribution in [3.63, 3.8) is 0 Å². The number of nitrogens with one attached hydrogen (secondary N) is 1. The Kier molecular flexibility index (Phi) is 6.84. The number of carbonyl (C=O) groups is 2. The van der Waals surface area contributed by atoms with E-state index in [1.54, 1.807) is 30.3 Å². The molecule has 0 fully saturated rings. The van der Waals surface area contributed by atoms with Gasteiger partial charge in [-0.2, -0.15) is 5.10 Å². The van der Waals surface area contributed by atoms with Crippen LogP contribution in [0.1, 0.15) is 22.3 Å². The van der Waals surface area contributed by atoms with Gasteiger partial charge in [0.15, 0.2) is 0 Å². The Morgan fingerprint density at radius 2 is 1.88 bits per heavy atom. The van der Waals surface area contributed by atoms with Crippen LogP contribution in [0.4, 0.5) is 0 Å². The maximum Gasteiger partial charge on any atom is 0.240 e. The fraction of sp³-hybridized carbons (Fsp3) is 0.118. The molecule has 124 valence electrons. The fourth-order valence-electron chi connectivity index (χ4n) is 1.82. The summed E-state index contributed by atoms with van der Waals surface area (Å²) in [6.07, 6.45) is 1.57. The first kappa shape index (κ1) is 18.0. The predicted octanol–water partition coefficient (Wildman–Crippen LogP) is 2.34. The smallest absolute Gasteiger partial charge is 0.240 e.